The minimum atomic E-state index is -0.181. The van der Waals surface area contributed by atoms with Crippen molar-refractivity contribution in [2.24, 2.45) is 0 Å². The largest absolute Gasteiger partial charge is 0.306 e. The molecule has 1 atom stereocenters. The standard InChI is InChI=1S/C14H15BrFNS/c1-3-17-14(10-6-9(2)18-8-10)12-5-4-11(15)7-13(12)16/h4-8,14,17H,3H2,1-2H3. The first-order chi connectivity index (χ1) is 8.61. The maximum atomic E-state index is 14.0. The Kier molecular flexibility index (Phi) is 4.54. The lowest BCUT2D eigenvalue weighted by atomic mass is 10.0. The molecule has 0 saturated heterocycles. The molecule has 1 aromatic heterocycles. The Morgan fingerprint density at radius 3 is 2.72 bits per heavy atom. The van der Waals surface area contributed by atoms with Crippen LogP contribution in [0.4, 0.5) is 4.39 Å². The number of benzene rings is 1. The first-order valence-electron chi connectivity index (χ1n) is 5.85. The summed E-state index contributed by atoms with van der Waals surface area (Å²) in [4.78, 5) is 1.24. The number of aryl methyl sites for hydroxylation is 1. The van der Waals surface area contributed by atoms with E-state index in [1.807, 2.05) is 19.1 Å². The molecule has 0 aliphatic carbocycles. The summed E-state index contributed by atoms with van der Waals surface area (Å²) in [6.45, 7) is 4.90. The van der Waals surface area contributed by atoms with Crippen LogP contribution in [-0.4, -0.2) is 6.54 Å². The topological polar surface area (TPSA) is 12.0 Å². The first-order valence-corrected chi connectivity index (χ1v) is 7.52. The van der Waals surface area contributed by atoms with E-state index < -0.39 is 0 Å². The van der Waals surface area contributed by atoms with E-state index in [0.29, 0.717) is 5.56 Å². The van der Waals surface area contributed by atoms with E-state index in [1.54, 1.807) is 11.3 Å². The fourth-order valence-corrected chi connectivity index (χ4v) is 3.03. The van der Waals surface area contributed by atoms with Crippen molar-refractivity contribution in [3.63, 3.8) is 0 Å². The van der Waals surface area contributed by atoms with Crippen LogP contribution in [0, 0.1) is 12.7 Å². The molecule has 2 aromatic rings. The minimum absolute atomic E-state index is 0.0759. The molecule has 1 heterocycles. The van der Waals surface area contributed by atoms with Crippen molar-refractivity contribution >= 4 is 27.3 Å². The predicted octanol–water partition coefficient (Wildman–Crippen LogP) is 4.66. The summed E-state index contributed by atoms with van der Waals surface area (Å²) in [6.07, 6.45) is 0. The van der Waals surface area contributed by atoms with Crippen LogP contribution in [-0.2, 0) is 0 Å². The van der Waals surface area contributed by atoms with Gasteiger partial charge in [-0.15, -0.1) is 11.3 Å². The lowest BCUT2D eigenvalue weighted by molar-refractivity contribution is 0.559. The molecule has 1 aromatic carbocycles. The van der Waals surface area contributed by atoms with E-state index in [2.05, 4.69) is 39.6 Å². The molecule has 1 nitrogen and oxygen atoms in total. The summed E-state index contributed by atoms with van der Waals surface area (Å²) in [7, 11) is 0. The zero-order chi connectivity index (χ0) is 13.1. The van der Waals surface area contributed by atoms with Crippen LogP contribution in [0.2, 0.25) is 0 Å². The third-order valence-corrected chi connectivity index (χ3v) is 4.14. The molecule has 2 rings (SSSR count). The highest BCUT2D eigenvalue weighted by Gasteiger charge is 2.18. The van der Waals surface area contributed by atoms with Gasteiger partial charge in [-0.2, -0.15) is 0 Å². The van der Waals surface area contributed by atoms with E-state index in [0.717, 1.165) is 16.6 Å². The van der Waals surface area contributed by atoms with Crippen molar-refractivity contribution in [2.45, 2.75) is 19.9 Å². The SMILES string of the molecule is CCNC(c1csc(C)c1)c1ccc(Br)cc1F. The van der Waals surface area contributed by atoms with Crippen molar-refractivity contribution in [3.8, 4) is 0 Å². The van der Waals surface area contributed by atoms with Gasteiger partial charge in [-0.05, 0) is 42.6 Å². The zero-order valence-electron chi connectivity index (χ0n) is 10.3. The number of rotatable bonds is 4. The van der Waals surface area contributed by atoms with Crippen LogP contribution in [0.25, 0.3) is 0 Å². The van der Waals surface area contributed by atoms with Crippen LogP contribution in [0.15, 0.2) is 34.1 Å². The molecule has 0 aliphatic heterocycles. The highest BCUT2D eigenvalue weighted by atomic mass is 79.9. The van der Waals surface area contributed by atoms with Gasteiger partial charge in [0.05, 0.1) is 6.04 Å². The molecular formula is C14H15BrFNS. The van der Waals surface area contributed by atoms with Gasteiger partial charge in [0.2, 0.25) is 0 Å². The van der Waals surface area contributed by atoms with Crippen LogP contribution >= 0.6 is 27.3 Å². The van der Waals surface area contributed by atoms with Crippen molar-refractivity contribution < 1.29 is 4.39 Å². The molecule has 1 N–H and O–H groups in total. The Hall–Kier alpha value is -0.710. The van der Waals surface area contributed by atoms with E-state index in [-0.39, 0.29) is 11.9 Å². The number of hydrogen-bond acceptors (Lipinski definition) is 2. The van der Waals surface area contributed by atoms with E-state index in [1.165, 1.54) is 10.9 Å². The van der Waals surface area contributed by atoms with Crippen LogP contribution < -0.4 is 5.32 Å². The molecule has 18 heavy (non-hydrogen) atoms. The van der Waals surface area contributed by atoms with E-state index in [9.17, 15) is 4.39 Å². The maximum Gasteiger partial charge on any atom is 0.129 e. The molecular weight excluding hydrogens is 313 g/mol. The Bertz CT molecular complexity index is 538. The van der Waals surface area contributed by atoms with Crippen molar-refractivity contribution in [1.29, 1.82) is 0 Å². The summed E-state index contributed by atoms with van der Waals surface area (Å²) in [5.74, 6) is -0.181. The molecule has 0 spiro atoms. The average molecular weight is 328 g/mol. The molecule has 0 saturated carbocycles. The quantitative estimate of drug-likeness (QED) is 0.861. The smallest absolute Gasteiger partial charge is 0.129 e. The van der Waals surface area contributed by atoms with Crippen molar-refractivity contribution in [2.75, 3.05) is 6.54 Å². The lowest BCUT2D eigenvalue weighted by Crippen LogP contribution is -2.22. The van der Waals surface area contributed by atoms with Crippen LogP contribution in [0.3, 0.4) is 0 Å². The Morgan fingerprint density at radius 1 is 1.39 bits per heavy atom. The van der Waals surface area contributed by atoms with Gasteiger partial charge < -0.3 is 5.32 Å². The summed E-state index contributed by atoms with van der Waals surface area (Å²) < 4.78 is 14.8. The summed E-state index contributed by atoms with van der Waals surface area (Å²) in [5.41, 5.74) is 1.82. The van der Waals surface area contributed by atoms with E-state index in [4.69, 9.17) is 0 Å². The second-order valence-electron chi connectivity index (χ2n) is 4.15. The fourth-order valence-electron chi connectivity index (χ4n) is 1.96. The highest BCUT2D eigenvalue weighted by molar-refractivity contribution is 9.10. The minimum Gasteiger partial charge on any atom is -0.306 e. The highest BCUT2D eigenvalue weighted by Crippen LogP contribution is 2.29. The summed E-state index contributed by atoms with van der Waals surface area (Å²) >= 11 is 4.98. The Balaban J connectivity index is 2.41. The Labute approximate surface area is 119 Å². The molecule has 0 amide bonds. The molecule has 0 radical (unpaired) electrons. The third-order valence-electron chi connectivity index (χ3n) is 2.77. The average Bonchev–Trinajstić information content (AvgIpc) is 2.73. The molecule has 1 unspecified atom stereocenters. The van der Waals surface area contributed by atoms with Gasteiger partial charge in [0.15, 0.2) is 0 Å². The molecule has 0 bridgehead atoms. The van der Waals surface area contributed by atoms with Gasteiger partial charge >= 0.3 is 0 Å². The van der Waals surface area contributed by atoms with Gasteiger partial charge in [0.1, 0.15) is 5.82 Å². The summed E-state index contributed by atoms with van der Waals surface area (Å²) in [5, 5.41) is 5.43. The normalized spacial score (nSPS) is 12.7. The third kappa shape index (κ3) is 2.99. The van der Waals surface area contributed by atoms with Gasteiger partial charge in [-0.1, -0.05) is 28.9 Å². The van der Waals surface area contributed by atoms with Gasteiger partial charge in [0, 0.05) is 14.9 Å². The zero-order valence-corrected chi connectivity index (χ0v) is 12.7. The molecule has 96 valence electrons. The number of hydrogen-bond donors (Lipinski definition) is 1. The number of thiophene rings is 1. The first kappa shape index (κ1) is 13.7. The second-order valence-corrected chi connectivity index (χ2v) is 6.18. The fraction of sp³-hybridized carbons (Fsp3) is 0.286. The number of halogens is 2. The number of nitrogens with one attached hydrogen (secondary N) is 1. The predicted molar refractivity (Wildman–Crippen MR) is 78.7 cm³/mol. The van der Waals surface area contributed by atoms with Crippen molar-refractivity contribution in [3.05, 3.63) is 55.9 Å². The molecule has 0 fully saturated rings. The van der Waals surface area contributed by atoms with Crippen LogP contribution in [0.5, 0.6) is 0 Å². The van der Waals surface area contributed by atoms with Crippen molar-refractivity contribution in [1.82, 2.24) is 5.32 Å². The lowest BCUT2D eigenvalue weighted by Gasteiger charge is -2.18. The maximum absolute atomic E-state index is 14.0. The van der Waals surface area contributed by atoms with Gasteiger partial charge in [-0.3, -0.25) is 0 Å². The second kappa shape index (κ2) is 5.95. The van der Waals surface area contributed by atoms with Gasteiger partial charge in [0.25, 0.3) is 0 Å². The van der Waals surface area contributed by atoms with E-state index >= 15 is 0 Å². The monoisotopic (exact) mass is 327 g/mol. The molecule has 0 aliphatic rings. The van der Waals surface area contributed by atoms with Gasteiger partial charge in [-0.25, -0.2) is 4.39 Å². The Morgan fingerprint density at radius 2 is 2.17 bits per heavy atom. The summed E-state index contributed by atoms with van der Waals surface area (Å²) in [6, 6.07) is 7.26. The van der Waals surface area contributed by atoms with Crippen LogP contribution in [0.1, 0.15) is 29.0 Å². The molecule has 4 heteroatoms.